The van der Waals surface area contributed by atoms with E-state index >= 15 is 0 Å². The van der Waals surface area contributed by atoms with Crippen LogP contribution in [0.2, 0.25) is 0 Å². The molecule has 3 N–H and O–H groups in total. The molecule has 0 fully saturated rings. The van der Waals surface area contributed by atoms with E-state index in [1.165, 1.54) is 0 Å². The van der Waals surface area contributed by atoms with Crippen molar-refractivity contribution in [1.82, 2.24) is 14.8 Å². The van der Waals surface area contributed by atoms with Gasteiger partial charge in [-0.25, -0.2) is 0 Å². The fraction of sp³-hybridized carbons (Fsp3) is 0.429. The summed E-state index contributed by atoms with van der Waals surface area (Å²) >= 11 is 0. The first-order valence-corrected chi connectivity index (χ1v) is 6.62. The first kappa shape index (κ1) is 14.2. The number of anilines is 3. The molecule has 6 heteroatoms. The molecule has 2 aromatic heterocycles. The number of rotatable bonds is 5. The summed E-state index contributed by atoms with van der Waals surface area (Å²) in [6, 6.07) is 3.61. The van der Waals surface area contributed by atoms with E-state index < -0.39 is 0 Å². The van der Waals surface area contributed by atoms with Gasteiger partial charge in [0.1, 0.15) is 5.82 Å². The average Bonchev–Trinajstić information content (AvgIpc) is 2.68. The summed E-state index contributed by atoms with van der Waals surface area (Å²) < 4.78 is 7.37. The van der Waals surface area contributed by atoms with Crippen molar-refractivity contribution in [2.45, 2.75) is 20.8 Å². The van der Waals surface area contributed by atoms with E-state index in [1.807, 2.05) is 26.2 Å². The molecule has 0 spiro atoms. The molecule has 2 rings (SSSR count). The zero-order chi connectivity index (χ0) is 14.7. The van der Waals surface area contributed by atoms with Crippen molar-refractivity contribution in [3.8, 4) is 5.88 Å². The number of aromatic nitrogens is 3. The zero-order valence-corrected chi connectivity index (χ0v) is 12.3. The molecule has 0 aliphatic carbocycles. The van der Waals surface area contributed by atoms with Gasteiger partial charge in [-0.2, -0.15) is 10.1 Å². The summed E-state index contributed by atoms with van der Waals surface area (Å²) in [6.07, 6.45) is 1.90. The maximum absolute atomic E-state index is 5.87. The number of nitrogens with one attached hydrogen (secondary N) is 1. The average molecular weight is 275 g/mol. The summed E-state index contributed by atoms with van der Waals surface area (Å²) in [4.78, 5) is 4.39. The van der Waals surface area contributed by atoms with Crippen LogP contribution in [0.4, 0.5) is 17.2 Å². The van der Waals surface area contributed by atoms with Gasteiger partial charge in [0, 0.05) is 13.2 Å². The fourth-order valence-electron chi connectivity index (χ4n) is 1.74. The molecule has 0 unspecified atom stereocenters. The molecule has 0 amide bonds. The van der Waals surface area contributed by atoms with Crippen molar-refractivity contribution in [3.63, 3.8) is 0 Å². The predicted molar refractivity (Wildman–Crippen MR) is 80.2 cm³/mol. The number of nitrogens with zero attached hydrogens (tertiary/aromatic N) is 3. The van der Waals surface area contributed by atoms with Gasteiger partial charge in [0.15, 0.2) is 0 Å². The highest BCUT2D eigenvalue weighted by Crippen LogP contribution is 2.24. The molecule has 0 radical (unpaired) electrons. The smallest absolute Gasteiger partial charge is 0.239 e. The topological polar surface area (TPSA) is 78.0 Å². The van der Waals surface area contributed by atoms with Crippen molar-refractivity contribution < 1.29 is 4.74 Å². The predicted octanol–water partition coefficient (Wildman–Crippen LogP) is 2.48. The Bertz CT molecular complexity index is 591. The van der Waals surface area contributed by atoms with E-state index in [1.54, 1.807) is 10.7 Å². The van der Waals surface area contributed by atoms with Crippen molar-refractivity contribution in [2.75, 3.05) is 17.7 Å². The SMILES string of the molecule is Cc1nn(C)cc1Nc1ccc(N)c(OCC(C)C)n1. The van der Waals surface area contributed by atoms with Gasteiger partial charge in [0.05, 0.1) is 23.7 Å². The second-order valence-electron chi connectivity index (χ2n) is 5.22. The normalized spacial score (nSPS) is 10.8. The molecular weight excluding hydrogens is 254 g/mol. The summed E-state index contributed by atoms with van der Waals surface area (Å²) in [5.41, 5.74) is 8.24. The highest BCUT2D eigenvalue weighted by Gasteiger charge is 2.08. The van der Waals surface area contributed by atoms with E-state index in [4.69, 9.17) is 10.5 Å². The van der Waals surface area contributed by atoms with Gasteiger partial charge in [-0.05, 0) is 25.0 Å². The van der Waals surface area contributed by atoms with Crippen LogP contribution in [-0.2, 0) is 7.05 Å². The molecule has 0 bridgehead atoms. The fourth-order valence-corrected chi connectivity index (χ4v) is 1.74. The molecule has 6 nitrogen and oxygen atoms in total. The standard InChI is InChI=1S/C14H21N5O/c1-9(2)8-20-14-11(15)5-6-13(17-14)16-12-7-19(4)18-10(12)3/h5-7,9H,8,15H2,1-4H3,(H,16,17). The number of nitrogens with two attached hydrogens (primary N) is 1. The molecule has 2 aromatic rings. The maximum atomic E-state index is 5.87. The van der Waals surface area contributed by atoms with Gasteiger partial charge in [0.25, 0.3) is 0 Å². The van der Waals surface area contributed by atoms with Crippen molar-refractivity contribution in [2.24, 2.45) is 13.0 Å². The summed E-state index contributed by atoms with van der Waals surface area (Å²) in [7, 11) is 1.88. The Hall–Kier alpha value is -2.24. The molecular formula is C14H21N5O. The van der Waals surface area contributed by atoms with Crippen molar-refractivity contribution in [3.05, 3.63) is 24.0 Å². The molecule has 0 aliphatic rings. The highest BCUT2D eigenvalue weighted by molar-refractivity contribution is 5.61. The Labute approximate surface area is 119 Å². The van der Waals surface area contributed by atoms with Crippen LogP contribution in [0, 0.1) is 12.8 Å². The Morgan fingerprint density at radius 2 is 2.15 bits per heavy atom. The Morgan fingerprint density at radius 1 is 1.40 bits per heavy atom. The monoisotopic (exact) mass is 275 g/mol. The number of aryl methyl sites for hydroxylation is 2. The number of nitrogen functional groups attached to an aromatic ring is 1. The molecule has 0 atom stereocenters. The minimum Gasteiger partial charge on any atom is -0.476 e. The van der Waals surface area contributed by atoms with E-state index in [0.29, 0.717) is 29.9 Å². The van der Waals surface area contributed by atoms with Crippen LogP contribution < -0.4 is 15.8 Å². The van der Waals surface area contributed by atoms with Gasteiger partial charge < -0.3 is 15.8 Å². The van der Waals surface area contributed by atoms with E-state index in [0.717, 1.165) is 11.4 Å². The van der Waals surface area contributed by atoms with Crippen molar-refractivity contribution in [1.29, 1.82) is 0 Å². The molecule has 108 valence electrons. The minimum absolute atomic E-state index is 0.424. The first-order chi connectivity index (χ1) is 9.45. The van der Waals surface area contributed by atoms with Crippen LogP contribution in [-0.4, -0.2) is 21.4 Å². The summed E-state index contributed by atoms with van der Waals surface area (Å²) in [6.45, 7) is 6.69. The van der Waals surface area contributed by atoms with E-state index in [9.17, 15) is 0 Å². The van der Waals surface area contributed by atoms with Crippen molar-refractivity contribution >= 4 is 17.2 Å². The molecule has 2 heterocycles. The Balaban J connectivity index is 2.16. The lowest BCUT2D eigenvalue weighted by molar-refractivity contribution is 0.263. The number of ether oxygens (including phenoxy) is 1. The molecule has 0 saturated heterocycles. The third kappa shape index (κ3) is 3.40. The lowest BCUT2D eigenvalue weighted by Crippen LogP contribution is -2.08. The highest BCUT2D eigenvalue weighted by atomic mass is 16.5. The Morgan fingerprint density at radius 3 is 2.75 bits per heavy atom. The lowest BCUT2D eigenvalue weighted by atomic mass is 10.2. The number of pyridine rings is 1. The largest absolute Gasteiger partial charge is 0.476 e. The third-order valence-corrected chi connectivity index (χ3v) is 2.72. The third-order valence-electron chi connectivity index (χ3n) is 2.72. The number of hydrogen-bond donors (Lipinski definition) is 2. The second-order valence-corrected chi connectivity index (χ2v) is 5.22. The molecule has 0 aromatic carbocycles. The van der Waals surface area contributed by atoms with Crippen LogP contribution in [0.15, 0.2) is 18.3 Å². The van der Waals surface area contributed by atoms with Crippen LogP contribution in [0.1, 0.15) is 19.5 Å². The van der Waals surface area contributed by atoms with Crippen LogP contribution in [0.25, 0.3) is 0 Å². The maximum Gasteiger partial charge on any atom is 0.239 e. The second kappa shape index (κ2) is 5.81. The molecule has 0 saturated carbocycles. The molecule has 20 heavy (non-hydrogen) atoms. The lowest BCUT2D eigenvalue weighted by Gasteiger charge is -2.11. The first-order valence-electron chi connectivity index (χ1n) is 6.62. The zero-order valence-electron chi connectivity index (χ0n) is 12.3. The summed E-state index contributed by atoms with van der Waals surface area (Å²) in [5, 5.41) is 7.50. The van der Waals surface area contributed by atoms with Gasteiger partial charge in [-0.1, -0.05) is 13.8 Å². The van der Waals surface area contributed by atoms with Crippen LogP contribution in [0.3, 0.4) is 0 Å². The minimum atomic E-state index is 0.424. The Kier molecular flexibility index (Phi) is 4.12. The van der Waals surface area contributed by atoms with Gasteiger partial charge in [0.2, 0.25) is 5.88 Å². The van der Waals surface area contributed by atoms with Gasteiger partial charge >= 0.3 is 0 Å². The van der Waals surface area contributed by atoms with Gasteiger partial charge in [-0.15, -0.1) is 0 Å². The van der Waals surface area contributed by atoms with E-state index in [-0.39, 0.29) is 0 Å². The quantitative estimate of drug-likeness (QED) is 0.876. The number of hydrogen-bond acceptors (Lipinski definition) is 5. The van der Waals surface area contributed by atoms with Crippen LogP contribution >= 0.6 is 0 Å². The van der Waals surface area contributed by atoms with Crippen LogP contribution in [0.5, 0.6) is 5.88 Å². The van der Waals surface area contributed by atoms with E-state index in [2.05, 4.69) is 29.2 Å². The summed E-state index contributed by atoms with van der Waals surface area (Å²) in [5.74, 6) is 1.58. The van der Waals surface area contributed by atoms with Gasteiger partial charge in [-0.3, -0.25) is 4.68 Å². The molecule has 0 aliphatic heterocycles.